The summed E-state index contributed by atoms with van der Waals surface area (Å²) in [5.74, 6) is 1.20. The van der Waals surface area contributed by atoms with Gasteiger partial charge in [0.05, 0.1) is 14.2 Å². The lowest BCUT2D eigenvalue weighted by molar-refractivity contribution is 0.103. The van der Waals surface area contributed by atoms with Crippen LogP contribution < -0.4 is 9.47 Å². The number of methoxy groups -OCH3 is 2. The second-order valence-electron chi connectivity index (χ2n) is 5.18. The van der Waals surface area contributed by atoms with Crippen molar-refractivity contribution in [3.63, 3.8) is 0 Å². The van der Waals surface area contributed by atoms with E-state index in [2.05, 4.69) is 0 Å². The van der Waals surface area contributed by atoms with Crippen LogP contribution in [0.1, 0.15) is 32.6 Å². The van der Waals surface area contributed by atoms with Gasteiger partial charge in [0, 0.05) is 17.2 Å². The van der Waals surface area contributed by atoms with Gasteiger partial charge in [-0.3, -0.25) is 4.79 Å². The Morgan fingerprint density at radius 3 is 1.81 bits per heavy atom. The number of ether oxygens (including phenoxy) is 2. The Morgan fingerprint density at radius 2 is 1.29 bits per heavy atom. The van der Waals surface area contributed by atoms with Gasteiger partial charge < -0.3 is 9.47 Å². The number of carbonyl (C=O) groups excluding carboxylic acids is 1. The second-order valence-corrected chi connectivity index (χ2v) is 5.18. The maximum atomic E-state index is 12.8. The van der Waals surface area contributed by atoms with Gasteiger partial charge in [-0.15, -0.1) is 0 Å². The normalized spacial score (nSPS) is 10.3. The third-order valence-corrected chi connectivity index (χ3v) is 3.70. The summed E-state index contributed by atoms with van der Waals surface area (Å²) in [7, 11) is 3.15. The van der Waals surface area contributed by atoms with Crippen LogP contribution in [0.25, 0.3) is 0 Å². The smallest absolute Gasteiger partial charge is 0.193 e. The zero-order chi connectivity index (χ0) is 15.6. The zero-order valence-corrected chi connectivity index (χ0v) is 13.1. The Hall–Kier alpha value is -2.29. The highest BCUT2D eigenvalue weighted by atomic mass is 16.5. The molecule has 0 bridgehead atoms. The van der Waals surface area contributed by atoms with Crippen LogP contribution in [-0.2, 0) is 0 Å². The van der Waals surface area contributed by atoms with Gasteiger partial charge in [0.25, 0.3) is 0 Å². The molecule has 0 atom stereocenters. The molecule has 0 N–H and O–H groups in total. The molecule has 2 rings (SSSR count). The Labute approximate surface area is 125 Å². The lowest BCUT2D eigenvalue weighted by atomic mass is 9.94. The number of hydrogen-bond acceptors (Lipinski definition) is 3. The first-order chi connectivity index (χ1) is 9.96. The minimum atomic E-state index is -0.0206. The molecule has 0 aliphatic rings. The van der Waals surface area contributed by atoms with Crippen LogP contribution in [0.3, 0.4) is 0 Å². The van der Waals surface area contributed by atoms with Crippen molar-refractivity contribution < 1.29 is 14.3 Å². The van der Waals surface area contributed by atoms with E-state index in [1.165, 1.54) is 5.56 Å². The molecular formula is C18H20O3. The van der Waals surface area contributed by atoms with E-state index in [1.54, 1.807) is 32.4 Å². The van der Waals surface area contributed by atoms with Crippen LogP contribution in [0, 0.1) is 20.8 Å². The summed E-state index contributed by atoms with van der Waals surface area (Å²) >= 11 is 0. The lowest BCUT2D eigenvalue weighted by Crippen LogP contribution is -2.06. The monoisotopic (exact) mass is 284 g/mol. The van der Waals surface area contributed by atoms with Crippen molar-refractivity contribution in [3.05, 3.63) is 58.1 Å². The van der Waals surface area contributed by atoms with Gasteiger partial charge in [0.2, 0.25) is 0 Å². The van der Waals surface area contributed by atoms with Gasteiger partial charge in [0.15, 0.2) is 5.78 Å². The summed E-state index contributed by atoms with van der Waals surface area (Å²) in [6.45, 7) is 6.01. The number of ketones is 1. The molecule has 110 valence electrons. The number of benzene rings is 2. The summed E-state index contributed by atoms with van der Waals surface area (Å²) in [6, 6.07) is 9.21. The molecule has 0 unspecified atom stereocenters. The molecule has 0 amide bonds. The minimum absolute atomic E-state index is 0.0206. The van der Waals surface area contributed by atoms with E-state index in [0.717, 1.165) is 11.1 Å². The molecule has 0 radical (unpaired) electrons. The second kappa shape index (κ2) is 6.00. The standard InChI is InChI=1S/C18H20O3/c1-11-6-13(3)17(7-12(11)2)18(19)14-8-15(20-4)10-16(9-14)21-5/h6-10H,1-5H3. The molecule has 0 spiro atoms. The van der Waals surface area contributed by atoms with Crippen LogP contribution in [-0.4, -0.2) is 20.0 Å². The largest absolute Gasteiger partial charge is 0.497 e. The highest BCUT2D eigenvalue weighted by molar-refractivity contribution is 6.10. The minimum Gasteiger partial charge on any atom is -0.497 e. The predicted octanol–water partition coefficient (Wildman–Crippen LogP) is 3.86. The molecule has 0 aromatic heterocycles. The lowest BCUT2D eigenvalue weighted by Gasteiger charge is -2.11. The van der Waals surface area contributed by atoms with Crippen LogP contribution in [0.5, 0.6) is 11.5 Å². The molecule has 2 aromatic carbocycles. The summed E-state index contributed by atoms with van der Waals surface area (Å²) in [5.41, 5.74) is 4.56. The fourth-order valence-electron chi connectivity index (χ4n) is 2.30. The van der Waals surface area contributed by atoms with Crippen molar-refractivity contribution in [2.45, 2.75) is 20.8 Å². The van der Waals surface area contributed by atoms with Gasteiger partial charge in [-0.2, -0.15) is 0 Å². The molecule has 0 aliphatic carbocycles. The van der Waals surface area contributed by atoms with Gasteiger partial charge in [-0.25, -0.2) is 0 Å². The SMILES string of the molecule is COc1cc(OC)cc(C(=O)c2cc(C)c(C)cc2C)c1. The van der Waals surface area contributed by atoms with E-state index in [-0.39, 0.29) is 5.78 Å². The molecule has 0 saturated heterocycles. The number of rotatable bonds is 4. The van der Waals surface area contributed by atoms with Gasteiger partial charge >= 0.3 is 0 Å². The Bertz CT molecular complexity index is 665. The van der Waals surface area contributed by atoms with Crippen LogP contribution in [0.15, 0.2) is 30.3 Å². The highest BCUT2D eigenvalue weighted by Gasteiger charge is 2.15. The Kier molecular flexibility index (Phi) is 4.32. The summed E-state index contributed by atoms with van der Waals surface area (Å²) in [5, 5.41) is 0. The molecule has 0 saturated carbocycles. The average Bonchev–Trinajstić information content (AvgIpc) is 2.49. The van der Waals surface area contributed by atoms with E-state index >= 15 is 0 Å². The molecule has 21 heavy (non-hydrogen) atoms. The molecule has 3 heteroatoms. The van der Waals surface area contributed by atoms with Crippen molar-refractivity contribution in [1.82, 2.24) is 0 Å². The maximum absolute atomic E-state index is 12.8. The molecular weight excluding hydrogens is 264 g/mol. The Morgan fingerprint density at radius 1 is 0.762 bits per heavy atom. The van der Waals surface area contributed by atoms with Crippen molar-refractivity contribution in [1.29, 1.82) is 0 Å². The van der Waals surface area contributed by atoms with E-state index in [1.807, 2.05) is 32.9 Å². The highest BCUT2D eigenvalue weighted by Crippen LogP contribution is 2.26. The van der Waals surface area contributed by atoms with Crippen LogP contribution in [0.2, 0.25) is 0 Å². The van der Waals surface area contributed by atoms with E-state index in [9.17, 15) is 4.79 Å². The van der Waals surface area contributed by atoms with Crippen LogP contribution in [0.4, 0.5) is 0 Å². The van der Waals surface area contributed by atoms with E-state index < -0.39 is 0 Å². The molecule has 0 heterocycles. The summed E-state index contributed by atoms with van der Waals surface area (Å²) in [4.78, 5) is 12.8. The first-order valence-electron chi connectivity index (χ1n) is 6.82. The van der Waals surface area contributed by atoms with Crippen molar-refractivity contribution in [2.24, 2.45) is 0 Å². The molecule has 0 fully saturated rings. The Balaban J connectivity index is 2.52. The fraction of sp³-hybridized carbons (Fsp3) is 0.278. The van der Waals surface area contributed by atoms with Gasteiger partial charge in [-0.05, 0) is 55.7 Å². The number of aryl methyl sites for hydroxylation is 3. The zero-order valence-electron chi connectivity index (χ0n) is 13.1. The van der Waals surface area contributed by atoms with Gasteiger partial charge in [0.1, 0.15) is 11.5 Å². The van der Waals surface area contributed by atoms with Crippen molar-refractivity contribution in [2.75, 3.05) is 14.2 Å². The molecule has 0 aliphatic heterocycles. The number of carbonyl (C=O) groups is 1. The van der Waals surface area contributed by atoms with Crippen LogP contribution >= 0.6 is 0 Å². The third-order valence-electron chi connectivity index (χ3n) is 3.70. The van der Waals surface area contributed by atoms with Gasteiger partial charge in [-0.1, -0.05) is 6.07 Å². The van der Waals surface area contributed by atoms with Crippen molar-refractivity contribution in [3.8, 4) is 11.5 Å². The topological polar surface area (TPSA) is 35.5 Å². The first-order valence-corrected chi connectivity index (χ1v) is 6.82. The average molecular weight is 284 g/mol. The first kappa shape index (κ1) is 15.1. The predicted molar refractivity (Wildman–Crippen MR) is 83.6 cm³/mol. The molecule has 3 nitrogen and oxygen atoms in total. The summed E-state index contributed by atoms with van der Waals surface area (Å²) < 4.78 is 10.4. The fourth-order valence-corrected chi connectivity index (χ4v) is 2.30. The third kappa shape index (κ3) is 3.07. The van der Waals surface area contributed by atoms with E-state index in [0.29, 0.717) is 22.6 Å². The number of hydrogen-bond donors (Lipinski definition) is 0. The molecule has 2 aromatic rings. The summed E-state index contributed by atoms with van der Waals surface area (Å²) in [6.07, 6.45) is 0. The quantitative estimate of drug-likeness (QED) is 0.800. The van der Waals surface area contributed by atoms with Crippen molar-refractivity contribution >= 4 is 5.78 Å². The van der Waals surface area contributed by atoms with E-state index in [4.69, 9.17) is 9.47 Å². The maximum Gasteiger partial charge on any atom is 0.193 e.